The van der Waals surface area contributed by atoms with E-state index in [-0.39, 0.29) is 11.4 Å². The summed E-state index contributed by atoms with van der Waals surface area (Å²) in [7, 11) is 0. The molecule has 0 bridgehead atoms. The second-order valence-electron chi connectivity index (χ2n) is 6.52. The number of benzene rings is 1. The Morgan fingerprint density at radius 2 is 1.93 bits per heavy atom. The topological polar surface area (TPSA) is 76.1 Å². The van der Waals surface area contributed by atoms with E-state index in [1.54, 1.807) is 22.4 Å². The third-order valence-corrected chi connectivity index (χ3v) is 5.56. The van der Waals surface area contributed by atoms with Crippen LogP contribution in [-0.4, -0.2) is 48.1 Å². The molecule has 1 aromatic carbocycles. The average molecular weight is 416 g/mol. The number of thiophene rings is 1. The van der Waals surface area contributed by atoms with E-state index in [0.29, 0.717) is 43.4 Å². The normalized spacial score (nSPS) is 16.6. The molecule has 2 aromatic rings. The van der Waals surface area contributed by atoms with Gasteiger partial charge in [0.15, 0.2) is 5.76 Å². The highest BCUT2D eigenvalue weighted by atomic mass is 32.1. The first-order valence-corrected chi connectivity index (χ1v) is 10.6. The fourth-order valence-electron chi connectivity index (χ4n) is 3.40. The minimum Gasteiger partial charge on any atom is -0.503 e. The van der Waals surface area contributed by atoms with Crippen molar-refractivity contribution in [1.29, 1.82) is 0 Å². The average Bonchev–Trinajstić information content (AvgIpc) is 3.34. The lowest BCUT2D eigenvalue weighted by Gasteiger charge is -2.27. The molecule has 0 fully saturated rings. The Morgan fingerprint density at radius 1 is 1.17 bits per heavy atom. The molecule has 29 heavy (non-hydrogen) atoms. The molecule has 0 saturated carbocycles. The van der Waals surface area contributed by atoms with E-state index in [0.717, 1.165) is 5.56 Å². The van der Waals surface area contributed by atoms with Gasteiger partial charge in [-0.2, -0.15) is 0 Å². The SMILES string of the molecule is CCOCCCN1C(=O)C(O)=C(C(=O)c2cccs2)[C@H]1c1ccc(OCC)cc1. The Hall–Kier alpha value is -2.64. The summed E-state index contributed by atoms with van der Waals surface area (Å²) < 4.78 is 10.9. The third kappa shape index (κ3) is 4.52. The summed E-state index contributed by atoms with van der Waals surface area (Å²) >= 11 is 1.29. The van der Waals surface area contributed by atoms with Crippen molar-refractivity contribution in [2.75, 3.05) is 26.4 Å². The van der Waals surface area contributed by atoms with Crippen LogP contribution >= 0.6 is 11.3 Å². The molecule has 0 spiro atoms. The summed E-state index contributed by atoms with van der Waals surface area (Å²) in [4.78, 5) is 28.0. The molecule has 2 heterocycles. The summed E-state index contributed by atoms with van der Waals surface area (Å²) in [6, 6.07) is 10.1. The Morgan fingerprint density at radius 3 is 2.55 bits per heavy atom. The maximum atomic E-state index is 13.1. The van der Waals surface area contributed by atoms with Gasteiger partial charge >= 0.3 is 0 Å². The lowest BCUT2D eigenvalue weighted by atomic mass is 9.95. The highest BCUT2D eigenvalue weighted by Crippen LogP contribution is 2.40. The second kappa shape index (κ2) is 9.71. The third-order valence-electron chi connectivity index (χ3n) is 4.69. The Kier molecular flexibility index (Phi) is 7.06. The number of amides is 1. The zero-order valence-electron chi connectivity index (χ0n) is 16.6. The standard InChI is InChI=1S/C22H25NO5S/c1-3-27-13-6-12-23-19(15-8-10-16(11-9-15)28-4-2)18(21(25)22(23)26)20(24)17-7-5-14-29-17/h5,7-11,14,19,25H,3-4,6,12-13H2,1-2H3/t19-/m1/s1. The molecule has 0 aliphatic carbocycles. The molecule has 1 atom stereocenters. The van der Waals surface area contributed by atoms with Crippen molar-refractivity contribution in [2.45, 2.75) is 26.3 Å². The Bertz CT molecular complexity index is 873. The van der Waals surface area contributed by atoms with E-state index in [2.05, 4.69) is 0 Å². The quantitative estimate of drug-likeness (QED) is 0.466. The maximum Gasteiger partial charge on any atom is 0.290 e. The van der Waals surface area contributed by atoms with E-state index in [1.165, 1.54) is 11.3 Å². The van der Waals surface area contributed by atoms with Crippen LogP contribution in [0.1, 0.15) is 41.5 Å². The fraction of sp³-hybridized carbons (Fsp3) is 0.364. The number of carbonyl (C=O) groups is 2. The molecule has 7 heteroatoms. The van der Waals surface area contributed by atoms with Gasteiger partial charge in [0.05, 0.1) is 23.1 Å². The number of hydrogen-bond acceptors (Lipinski definition) is 6. The number of ether oxygens (including phenoxy) is 2. The lowest BCUT2D eigenvalue weighted by molar-refractivity contribution is -0.129. The van der Waals surface area contributed by atoms with Crippen molar-refractivity contribution in [3.8, 4) is 5.75 Å². The molecule has 1 N–H and O–H groups in total. The number of rotatable bonds is 10. The van der Waals surface area contributed by atoms with Gasteiger partial charge < -0.3 is 19.5 Å². The molecular weight excluding hydrogens is 390 g/mol. The van der Waals surface area contributed by atoms with Crippen LogP contribution in [-0.2, 0) is 9.53 Å². The van der Waals surface area contributed by atoms with Crippen LogP contribution < -0.4 is 4.74 Å². The predicted octanol–water partition coefficient (Wildman–Crippen LogP) is 4.15. The van der Waals surface area contributed by atoms with Gasteiger partial charge in [0.25, 0.3) is 5.91 Å². The van der Waals surface area contributed by atoms with Crippen LogP contribution in [0.25, 0.3) is 0 Å². The molecule has 1 aromatic heterocycles. The number of aliphatic hydroxyl groups excluding tert-OH is 1. The molecule has 154 valence electrons. The van der Waals surface area contributed by atoms with Crippen LogP contribution in [0, 0.1) is 0 Å². The number of aliphatic hydroxyl groups is 1. The van der Waals surface area contributed by atoms with Crippen molar-refractivity contribution >= 4 is 23.0 Å². The number of Topliss-reactive ketones (excluding diaryl/α,β-unsaturated/α-hetero) is 1. The highest BCUT2D eigenvalue weighted by Gasteiger charge is 2.43. The van der Waals surface area contributed by atoms with Crippen LogP contribution in [0.4, 0.5) is 0 Å². The smallest absolute Gasteiger partial charge is 0.290 e. The summed E-state index contributed by atoms with van der Waals surface area (Å²) in [5.74, 6) is -0.612. The molecule has 1 aliphatic rings. The monoisotopic (exact) mass is 415 g/mol. The molecule has 0 unspecified atom stereocenters. The summed E-state index contributed by atoms with van der Waals surface area (Å²) in [5, 5.41) is 12.4. The van der Waals surface area contributed by atoms with Crippen molar-refractivity contribution < 1.29 is 24.2 Å². The van der Waals surface area contributed by atoms with E-state index in [9.17, 15) is 14.7 Å². The Labute approximate surface area is 174 Å². The summed E-state index contributed by atoms with van der Waals surface area (Å²) in [6.45, 7) is 5.85. The first kappa shape index (κ1) is 21.1. The van der Waals surface area contributed by atoms with E-state index < -0.39 is 17.7 Å². The Balaban J connectivity index is 1.95. The molecule has 1 aliphatic heterocycles. The van der Waals surface area contributed by atoms with Gasteiger partial charge in [-0.05, 0) is 49.4 Å². The van der Waals surface area contributed by atoms with Crippen LogP contribution in [0.2, 0.25) is 0 Å². The molecule has 0 saturated heterocycles. The van der Waals surface area contributed by atoms with E-state index >= 15 is 0 Å². The van der Waals surface area contributed by atoms with Crippen molar-refractivity contribution in [2.24, 2.45) is 0 Å². The van der Waals surface area contributed by atoms with Gasteiger partial charge in [-0.15, -0.1) is 11.3 Å². The minimum atomic E-state index is -0.644. The van der Waals surface area contributed by atoms with Gasteiger partial charge in [-0.3, -0.25) is 9.59 Å². The predicted molar refractivity (Wildman–Crippen MR) is 111 cm³/mol. The van der Waals surface area contributed by atoms with Gasteiger partial charge in [-0.25, -0.2) is 0 Å². The van der Waals surface area contributed by atoms with Gasteiger partial charge in [-0.1, -0.05) is 18.2 Å². The van der Waals surface area contributed by atoms with Crippen LogP contribution in [0.3, 0.4) is 0 Å². The highest BCUT2D eigenvalue weighted by molar-refractivity contribution is 7.12. The number of nitrogens with zero attached hydrogens (tertiary/aromatic N) is 1. The number of hydrogen-bond donors (Lipinski definition) is 1. The summed E-state index contributed by atoms with van der Waals surface area (Å²) in [5.41, 5.74) is 0.875. The summed E-state index contributed by atoms with van der Waals surface area (Å²) in [6.07, 6.45) is 0.612. The van der Waals surface area contributed by atoms with Gasteiger partial charge in [0.2, 0.25) is 5.78 Å². The van der Waals surface area contributed by atoms with Crippen molar-refractivity contribution in [3.63, 3.8) is 0 Å². The zero-order chi connectivity index (χ0) is 20.8. The van der Waals surface area contributed by atoms with Crippen LogP contribution in [0.15, 0.2) is 53.1 Å². The zero-order valence-corrected chi connectivity index (χ0v) is 17.4. The number of ketones is 1. The minimum absolute atomic E-state index is 0.123. The van der Waals surface area contributed by atoms with Gasteiger partial charge in [0, 0.05) is 19.8 Å². The fourth-order valence-corrected chi connectivity index (χ4v) is 4.08. The van der Waals surface area contributed by atoms with E-state index in [1.807, 2.05) is 38.1 Å². The van der Waals surface area contributed by atoms with Crippen LogP contribution in [0.5, 0.6) is 5.75 Å². The van der Waals surface area contributed by atoms with E-state index in [4.69, 9.17) is 9.47 Å². The van der Waals surface area contributed by atoms with Crippen molar-refractivity contribution in [3.05, 3.63) is 63.6 Å². The molecule has 6 nitrogen and oxygen atoms in total. The molecule has 1 amide bonds. The molecular formula is C22H25NO5S. The lowest BCUT2D eigenvalue weighted by Crippen LogP contribution is -2.32. The van der Waals surface area contributed by atoms with Gasteiger partial charge in [0.1, 0.15) is 5.75 Å². The second-order valence-corrected chi connectivity index (χ2v) is 7.47. The molecule has 3 rings (SSSR count). The molecule has 0 radical (unpaired) electrons. The largest absolute Gasteiger partial charge is 0.503 e. The first-order valence-electron chi connectivity index (χ1n) is 9.71. The van der Waals surface area contributed by atoms with Crippen molar-refractivity contribution in [1.82, 2.24) is 4.90 Å². The first-order chi connectivity index (χ1) is 14.1. The maximum absolute atomic E-state index is 13.1. The number of carbonyl (C=O) groups excluding carboxylic acids is 2.